The predicted octanol–water partition coefficient (Wildman–Crippen LogP) is 1.92. The highest BCUT2D eigenvalue weighted by Crippen LogP contribution is 2.55. The third-order valence-corrected chi connectivity index (χ3v) is 4.88. The highest BCUT2D eigenvalue weighted by atomic mass is 79.9. The van der Waals surface area contributed by atoms with Crippen LogP contribution in [0.3, 0.4) is 0 Å². The Morgan fingerprint density at radius 3 is 1.76 bits per heavy atom. The fourth-order valence-corrected chi connectivity index (χ4v) is 3.94. The van der Waals surface area contributed by atoms with Gasteiger partial charge in [-0.05, 0) is 6.42 Å². The summed E-state index contributed by atoms with van der Waals surface area (Å²) in [6, 6.07) is -1.33. The second kappa shape index (κ2) is 3.49. The van der Waals surface area contributed by atoms with Crippen LogP contribution in [0.4, 0.5) is 30.7 Å². The van der Waals surface area contributed by atoms with Crippen molar-refractivity contribution in [2.45, 2.75) is 41.4 Å². The Balaban J connectivity index is 2.48. The van der Waals surface area contributed by atoms with Crippen LogP contribution in [0.25, 0.3) is 0 Å². The summed E-state index contributed by atoms with van der Waals surface area (Å²) in [5.41, 5.74) is -3.87. The zero-order chi connectivity index (χ0) is 13.2. The Labute approximate surface area is 99.9 Å². The Morgan fingerprint density at radius 1 is 1.06 bits per heavy atom. The molecule has 2 rings (SSSR count). The molecule has 0 aromatic carbocycles. The molecule has 1 nitrogen and oxygen atoms in total. The zero-order valence-corrected chi connectivity index (χ0v) is 9.70. The lowest BCUT2D eigenvalue weighted by Gasteiger charge is -2.37. The average molecular weight is 331 g/mol. The molecule has 17 heavy (non-hydrogen) atoms. The van der Waals surface area contributed by atoms with E-state index in [0.29, 0.717) is 0 Å². The van der Waals surface area contributed by atoms with Crippen LogP contribution in [-0.4, -0.2) is 34.9 Å². The van der Waals surface area contributed by atoms with Crippen molar-refractivity contribution in [1.29, 1.82) is 0 Å². The summed E-state index contributed by atoms with van der Waals surface area (Å²) in [5.74, 6) is -1.82. The topological polar surface area (TPSA) is 16.6 Å². The quantitative estimate of drug-likeness (QED) is 0.516. The maximum Gasteiger partial charge on any atom is 0.454 e. The van der Waals surface area contributed by atoms with Gasteiger partial charge in [0.05, 0.1) is 10.7 Å². The summed E-state index contributed by atoms with van der Waals surface area (Å²) in [4.78, 5) is -1.11. The van der Waals surface area contributed by atoms with Crippen LogP contribution in [0, 0.1) is 5.92 Å². The summed E-state index contributed by atoms with van der Waals surface area (Å²) in [6.45, 7) is 0. The molecule has 1 aliphatic carbocycles. The van der Waals surface area contributed by atoms with Gasteiger partial charge in [0.1, 0.15) is 6.04 Å². The summed E-state index contributed by atoms with van der Waals surface area (Å²) in [7, 11) is 0. The Kier molecular flexibility index (Phi) is 2.75. The number of halogens is 8. The van der Waals surface area contributed by atoms with Crippen molar-refractivity contribution < 1.29 is 36.0 Å². The van der Waals surface area contributed by atoms with Gasteiger partial charge in [0, 0.05) is 0 Å². The molecule has 0 amide bonds. The fourth-order valence-electron chi connectivity index (χ4n) is 2.83. The van der Waals surface area contributed by atoms with Gasteiger partial charge in [-0.2, -0.15) is 26.3 Å². The number of rotatable bonds is 0. The van der Waals surface area contributed by atoms with Crippen molar-refractivity contribution in [1.82, 2.24) is 0 Å². The first-order valence-corrected chi connectivity index (χ1v) is 5.71. The molecule has 2 N–H and O–H groups in total. The fraction of sp³-hybridized carbons (Fsp3) is 1.00. The monoisotopic (exact) mass is 330 g/mol. The minimum absolute atomic E-state index is 0.102. The molecule has 9 heteroatoms. The van der Waals surface area contributed by atoms with Gasteiger partial charge in [-0.25, -0.2) is 4.39 Å². The Morgan fingerprint density at radius 2 is 1.53 bits per heavy atom. The van der Waals surface area contributed by atoms with Crippen molar-refractivity contribution in [2.24, 2.45) is 5.92 Å². The lowest BCUT2D eigenvalue weighted by molar-refractivity contribution is -0.798. The number of hydrogen-bond donors (Lipinski definition) is 1. The standard InChI is InChI=1S/C8H7BrF7N/c9-4-2-1-3(10)5(4)17-6(2,7(11,12)13)8(14,15)16/h2-5,17H,1H2/p+1. The molecule has 2 bridgehead atoms. The van der Waals surface area contributed by atoms with Gasteiger partial charge in [-0.1, -0.05) is 15.9 Å². The van der Waals surface area contributed by atoms with E-state index in [-0.39, 0.29) is 5.32 Å². The van der Waals surface area contributed by atoms with Crippen molar-refractivity contribution in [3.63, 3.8) is 0 Å². The molecular formula is C8H8BrF7N+. The van der Waals surface area contributed by atoms with Crippen LogP contribution in [0.5, 0.6) is 0 Å². The number of alkyl halides is 8. The third kappa shape index (κ3) is 1.54. The van der Waals surface area contributed by atoms with Gasteiger partial charge in [0.15, 0.2) is 6.17 Å². The van der Waals surface area contributed by atoms with E-state index in [1.54, 1.807) is 0 Å². The first-order chi connectivity index (χ1) is 7.52. The van der Waals surface area contributed by atoms with Gasteiger partial charge in [-0.3, -0.25) is 0 Å². The molecule has 2 aliphatic rings. The van der Waals surface area contributed by atoms with Crippen LogP contribution >= 0.6 is 15.9 Å². The molecule has 0 aromatic heterocycles. The minimum atomic E-state index is -5.45. The average Bonchev–Trinajstić information content (AvgIpc) is 2.53. The van der Waals surface area contributed by atoms with E-state index in [1.807, 2.05) is 0 Å². The summed E-state index contributed by atoms with van der Waals surface area (Å²) >= 11 is 2.76. The first kappa shape index (κ1) is 13.4. The van der Waals surface area contributed by atoms with Crippen LogP contribution in [-0.2, 0) is 0 Å². The van der Waals surface area contributed by atoms with E-state index in [4.69, 9.17) is 0 Å². The van der Waals surface area contributed by atoms with E-state index < -0.39 is 47.3 Å². The van der Waals surface area contributed by atoms with Crippen LogP contribution < -0.4 is 5.32 Å². The molecule has 0 radical (unpaired) electrons. The molecule has 4 atom stereocenters. The highest BCUT2D eigenvalue weighted by Gasteiger charge is 2.85. The first-order valence-electron chi connectivity index (χ1n) is 4.80. The van der Waals surface area contributed by atoms with Crippen LogP contribution in [0.15, 0.2) is 0 Å². The number of hydrogen-bond acceptors (Lipinski definition) is 0. The minimum Gasteiger partial charge on any atom is -0.320 e. The number of nitrogens with two attached hydrogens (primary N) is 1. The van der Waals surface area contributed by atoms with Gasteiger partial charge in [0.25, 0.3) is 5.54 Å². The molecule has 0 spiro atoms. The van der Waals surface area contributed by atoms with Gasteiger partial charge in [-0.15, -0.1) is 0 Å². The normalized spacial score (nSPS) is 40.9. The van der Waals surface area contributed by atoms with Crippen molar-refractivity contribution in [3.05, 3.63) is 0 Å². The van der Waals surface area contributed by atoms with E-state index in [2.05, 4.69) is 15.9 Å². The zero-order valence-electron chi connectivity index (χ0n) is 8.12. The SMILES string of the molecule is FC1CC2C(Br)C1[NH2+]C2(C(F)(F)F)C(F)(F)F. The van der Waals surface area contributed by atoms with Crippen molar-refractivity contribution in [3.8, 4) is 0 Å². The van der Waals surface area contributed by atoms with Crippen LogP contribution in [0.1, 0.15) is 6.42 Å². The van der Waals surface area contributed by atoms with Crippen molar-refractivity contribution >= 4 is 15.9 Å². The Hall–Kier alpha value is -0.0500. The van der Waals surface area contributed by atoms with E-state index in [9.17, 15) is 30.7 Å². The molecule has 2 fully saturated rings. The van der Waals surface area contributed by atoms with E-state index >= 15 is 0 Å². The third-order valence-electron chi connectivity index (χ3n) is 3.63. The molecule has 100 valence electrons. The summed E-state index contributed by atoms with van der Waals surface area (Å²) < 4.78 is 89.8. The maximum atomic E-state index is 13.2. The van der Waals surface area contributed by atoms with Gasteiger partial charge < -0.3 is 5.32 Å². The molecular weight excluding hydrogens is 323 g/mol. The maximum absolute atomic E-state index is 13.2. The summed E-state index contributed by atoms with van der Waals surface area (Å²) in [6.07, 6.45) is -13.2. The largest absolute Gasteiger partial charge is 0.454 e. The lowest BCUT2D eigenvalue weighted by Crippen LogP contribution is -3.07. The molecule has 1 saturated carbocycles. The smallest absolute Gasteiger partial charge is 0.320 e. The van der Waals surface area contributed by atoms with Crippen LogP contribution in [0.2, 0.25) is 0 Å². The van der Waals surface area contributed by atoms with Gasteiger partial charge in [0.2, 0.25) is 0 Å². The number of fused-ring (bicyclic) bond motifs is 2. The van der Waals surface area contributed by atoms with E-state index in [0.717, 1.165) is 0 Å². The second-order valence-corrected chi connectivity index (χ2v) is 5.47. The highest BCUT2D eigenvalue weighted by molar-refractivity contribution is 9.09. The molecule has 4 unspecified atom stereocenters. The molecule has 1 saturated heterocycles. The van der Waals surface area contributed by atoms with Gasteiger partial charge >= 0.3 is 12.4 Å². The lowest BCUT2D eigenvalue weighted by atomic mass is 9.82. The van der Waals surface area contributed by atoms with Crippen molar-refractivity contribution in [2.75, 3.05) is 0 Å². The predicted molar refractivity (Wildman–Crippen MR) is 46.3 cm³/mol. The Bertz CT molecular complexity index is 311. The number of quaternary nitrogens is 1. The number of piperidine rings is 1. The molecule has 0 aromatic rings. The molecule has 1 heterocycles. The second-order valence-electron chi connectivity index (χ2n) is 4.41. The molecule has 1 aliphatic heterocycles. The van der Waals surface area contributed by atoms with E-state index in [1.165, 1.54) is 0 Å². The summed E-state index contributed by atoms with van der Waals surface area (Å²) in [5, 5.41) is 0.102.